The van der Waals surface area contributed by atoms with Crippen LogP contribution in [0.4, 0.5) is 0 Å². The van der Waals surface area contributed by atoms with Gasteiger partial charge in [-0.2, -0.15) is 0 Å². The summed E-state index contributed by atoms with van der Waals surface area (Å²) in [6.07, 6.45) is 8.82. The first-order valence-electron chi connectivity index (χ1n) is 19.3. The SMILES string of the molecule is CC(C=Cc1ccccc1[Si](O[Si](c1ccccc1)(c1ccccc1C=CC(C)OC(C)(C)C)C(C)(C)C)(c1ccccc1)C(C)(C)C)OC(C)(C)C. The molecule has 0 amide bonds. The summed E-state index contributed by atoms with van der Waals surface area (Å²) in [6.45, 7) is 31.2. The maximum atomic E-state index is 8.70. The van der Waals surface area contributed by atoms with Crippen LogP contribution in [0.15, 0.2) is 121 Å². The summed E-state index contributed by atoms with van der Waals surface area (Å²) >= 11 is 0. The first kappa shape index (κ1) is 42.4. The molecule has 3 nitrogen and oxygen atoms in total. The zero-order valence-corrected chi connectivity index (χ0v) is 37.1. The van der Waals surface area contributed by atoms with Gasteiger partial charge in [-0.15, -0.1) is 0 Å². The molecule has 0 heterocycles. The van der Waals surface area contributed by atoms with Gasteiger partial charge in [0, 0.05) is 0 Å². The lowest BCUT2D eigenvalue weighted by Gasteiger charge is -2.54. The van der Waals surface area contributed by atoms with Crippen molar-refractivity contribution in [2.75, 3.05) is 0 Å². The second-order valence-electron chi connectivity index (χ2n) is 18.5. The lowest BCUT2D eigenvalue weighted by Crippen LogP contribution is -2.78. The molecule has 0 N–H and O–H groups in total. The van der Waals surface area contributed by atoms with Crippen molar-refractivity contribution in [3.63, 3.8) is 0 Å². The largest absolute Gasteiger partial charge is 0.441 e. The van der Waals surface area contributed by atoms with E-state index in [1.165, 1.54) is 31.9 Å². The Kier molecular flexibility index (Phi) is 13.3. The third-order valence-electron chi connectivity index (χ3n) is 9.63. The van der Waals surface area contributed by atoms with Gasteiger partial charge in [-0.3, -0.25) is 0 Å². The second kappa shape index (κ2) is 16.6. The predicted molar refractivity (Wildman–Crippen MR) is 235 cm³/mol. The smallest absolute Gasteiger partial charge is 0.251 e. The monoisotopic (exact) mass is 746 g/mol. The molecule has 4 rings (SSSR count). The molecule has 4 aromatic carbocycles. The quantitative estimate of drug-likeness (QED) is 0.135. The topological polar surface area (TPSA) is 27.7 Å². The summed E-state index contributed by atoms with van der Waals surface area (Å²) in [6, 6.07) is 40.1. The van der Waals surface area contributed by atoms with Gasteiger partial charge >= 0.3 is 0 Å². The molecule has 53 heavy (non-hydrogen) atoms. The Bertz CT molecular complexity index is 1690. The highest BCUT2D eigenvalue weighted by Gasteiger charge is 2.61. The van der Waals surface area contributed by atoms with Crippen LogP contribution in [0.5, 0.6) is 0 Å². The van der Waals surface area contributed by atoms with Gasteiger partial charge in [0.05, 0.1) is 23.4 Å². The Labute approximate surface area is 324 Å². The molecule has 0 bridgehead atoms. The van der Waals surface area contributed by atoms with Crippen LogP contribution in [-0.4, -0.2) is 40.0 Å². The van der Waals surface area contributed by atoms with Crippen LogP contribution in [0, 0.1) is 0 Å². The minimum atomic E-state index is -3.20. The molecular formula is C48H66O3Si2. The summed E-state index contributed by atoms with van der Waals surface area (Å²) in [7, 11) is -6.40. The van der Waals surface area contributed by atoms with Crippen LogP contribution >= 0.6 is 0 Å². The second-order valence-corrected chi connectivity index (χ2v) is 27.2. The molecule has 4 atom stereocenters. The van der Waals surface area contributed by atoms with E-state index in [2.05, 4.69) is 230 Å². The first-order valence-corrected chi connectivity index (χ1v) is 23.1. The zero-order valence-electron chi connectivity index (χ0n) is 35.1. The molecule has 0 aliphatic carbocycles. The molecule has 0 radical (unpaired) electrons. The van der Waals surface area contributed by atoms with Gasteiger partial charge in [0.15, 0.2) is 0 Å². The van der Waals surface area contributed by atoms with Crippen molar-refractivity contribution in [3.8, 4) is 0 Å². The molecule has 0 aromatic heterocycles. The van der Waals surface area contributed by atoms with Crippen LogP contribution in [0.1, 0.15) is 108 Å². The van der Waals surface area contributed by atoms with E-state index in [1.54, 1.807) is 0 Å². The zero-order chi connectivity index (χ0) is 39.3. The third-order valence-corrected chi connectivity index (χ3v) is 21.0. The van der Waals surface area contributed by atoms with Crippen molar-refractivity contribution in [1.29, 1.82) is 0 Å². The highest BCUT2D eigenvalue weighted by molar-refractivity contribution is 7.11. The molecule has 0 spiro atoms. The van der Waals surface area contributed by atoms with Gasteiger partial charge in [-0.1, -0.05) is 175 Å². The molecule has 284 valence electrons. The van der Waals surface area contributed by atoms with Crippen molar-refractivity contribution in [3.05, 3.63) is 132 Å². The van der Waals surface area contributed by atoms with Gasteiger partial charge in [0.25, 0.3) is 16.6 Å². The number of rotatable bonds is 12. The fraction of sp³-hybridized carbons (Fsp3) is 0.417. The Balaban J connectivity index is 2.14. The molecule has 0 aliphatic rings. The number of benzene rings is 4. The van der Waals surface area contributed by atoms with E-state index >= 15 is 0 Å². The molecule has 0 aliphatic heterocycles. The van der Waals surface area contributed by atoms with E-state index in [9.17, 15) is 0 Å². The van der Waals surface area contributed by atoms with Crippen LogP contribution < -0.4 is 20.7 Å². The first-order chi connectivity index (χ1) is 24.6. The van der Waals surface area contributed by atoms with E-state index < -0.39 is 16.6 Å². The van der Waals surface area contributed by atoms with E-state index in [0.717, 1.165) is 0 Å². The molecule has 0 saturated carbocycles. The van der Waals surface area contributed by atoms with Gasteiger partial charge in [0.1, 0.15) is 0 Å². The number of hydrogen-bond acceptors (Lipinski definition) is 3. The minimum absolute atomic E-state index is 0.0536. The Morgan fingerprint density at radius 2 is 0.736 bits per heavy atom. The lowest BCUT2D eigenvalue weighted by molar-refractivity contribution is -0.0299. The maximum Gasteiger partial charge on any atom is 0.251 e. The van der Waals surface area contributed by atoms with Crippen LogP contribution in [0.2, 0.25) is 10.1 Å². The molecule has 0 saturated heterocycles. The van der Waals surface area contributed by atoms with E-state index in [4.69, 9.17) is 13.6 Å². The summed E-state index contributed by atoms with van der Waals surface area (Å²) in [5, 5.41) is 4.56. The average molecular weight is 747 g/mol. The van der Waals surface area contributed by atoms with E-state index in [1.807, 2.05) is 0 Å². The van der Waals surface area contributed by atoms with Crippen molar-refractivity contribution in [2.24, 2.45) is 0 Å². The van der Waals surface area contributed by atoms with Crippen molar-refractivity contribution in [1.82, 2.24) is 0 Å². The van der Waals surface area contributed by atoms with Crippen molar-refractivity contribution < 1.29 is 13.6 Å². The number of hydrogen-bond donors (Lipinski definition) is 0. The predicted octanol–water partition coefficient (Wildman–Crippen LogP) is 10.6. The highest BCUT2D eigenvalue weighted by Crippen LogP contribution is 2.45. The molecule has 0 fully saturated rings. The normalized spacial score (nSPS) is 16.7. The molecule has 5 heteroatoms. The Morgan fingerprint density at radius 3 is 1.04 bits per heavy atom. The standard InChI is InChI=1S/C48H66O3Si2/c1-37(49-45(3,4)5)33-35-39-25-21-23-31-43(39)52(47(9,10)11,41-27-17-15-18-28-41)51-53(48(12,13)14,42-29-19-16-20-30-42)44-32-24-22-26-40(44)36-34-38(2)50-46(6,7)8/h15-38H,1-14H3. The Morgan fingerprint density at radius 1 is 0.434 bits per heavy atom. The van der Waals surface area contributed by atoms with Gasteiger partial charge in [-0.05, 0) is 97.3 Å². The molecule has 4 aromatic rings. The summed E-state index contributed by atoms with van der Waals surface area (Å²) in [5.41, 5.74) is 1.86. The van der Waals surface area contributed by atoms with Crippen LogP contribution in [-0.2, 0) is 13.6 Å². The molecule has 4 unspecified atom stereocenters. The third kappa shape index (κ3) is 10.1. The Hall–Kier alpha value is -3.33. The van der Waals surface area contributed by atoms with Crippen LogP contribution in [0.3, 0.4) is 0 Å². The van der Waals surface area contributed by atoms with Gasteiger partial charge < -0.3 is 13.6 Å². The fourth-order valence-corrected chi connectivity index (χ4v) is 20.9. The molecular weight excluding hydrogens is 681 g/mol. The summed E-state index contributed by atoms with van der Waals surface area (Å²) in [4.78, 5) is 0. The van der Waals surface area contributed by atoms with Gasteiger partial charge in [-0.25, -0.2) is 0 Å². The average Bonchev–Trinajstić information content (AvgIpc) is 3.06. The van der Waals surface area contributed by atoms with Crippen LogP contribution in [0.25, 0.3) is 12.2 Å². The van der Waals surface area contributed by atoms with Crippen molar-refractivity contribution >= 4 is 49.5 Å². The summed E-state index contributed by atoms with van der Waals surface area (Å²) in [5.74, 6) is 0. The van der Waals surface area contributed by atoms with E-state index in [0.29, 0.717) is 0 Å². The highest BCUT2D eigenvalue weighted by atomic mass is 28.4. The minimum Gasteiger partial charge on any atom is -0.441 e. The van der Waals surface area contributed by atoms with E-state index in [-0.39, 0.29) is 33.5 Å². The maximum absolute atomic E-state index is 8.70. The summed E-state index contributed by atoms with van der Waals surface area (Å²) < 4.78 is 21.4. The van der Waals surface area contributed by atoms with Crippen molar-refractivity contribution in [2.45, 2.75) is 130 Å². The fourth-order valence-electron chi connectivity index (χ4n) is 7.69. The van der Waals surface area contributed by atoms with Gasteiger partial charge in [0.2, 0.25) is 0 Å². The lowest BCUT2D eigenvalue weighted by atomic mass is 10.1. The number of ether oxygens (including phenoxy) is 2.